The summed E-state index contributed by atoms with van der Waals surface area (Å²) in [6.45, 7) is 0. The largest absolute Gasteiger partial charge is 0.360 e. The number of thioether (sulfide) groups is 1. The quantitative estimate of drug-likeness (QED) is 0.899. The Morgan fingerprint density at radius 2 is 2.05 bits per heavy atom. The molecule has 0 spiro atoms. The van der Waals surface area contributed by atoms with E-state index in [9.17, 15) is 0 Å². The van der Waals surface area contributed by atoms with Crippen LogP contribution in [0.4, 0.5) is 0 Å². The molecule has 0 bridgehead atoms. The van der Waals surface area contributed by atoms with Gasteiger partial charge in [-0.05, 0) is 30.5 Å². The molecule has 2 aliphatic rings. The van der Waals surface area contributed by atoms with Gasteiger partial charge in [0.15, 0.2) is 5.17 Å². The van der Waals surface area contributed by atoms with Crippen LogP contribution in [0.15, 0.2) is 29.3 Å². The molecule has 1 N–H and O–H groups in total. The van der Waals surface area contributed by atoms with Gasteiger partial charge in [0.05, 0.1) is 23.7 Å². The Bertz CT molecular complexity index is 515. The molecule has 3 rings (SSSR count). The van der Waals surface area contributed by atoms with Gasteiger partial charge in [-0.15, -0.1) is 0 Å². The van der Waals surface area contributed by atoms with E-state index >= 15 is 0 Å². The van der Waals surface area contributed by atoms with Crippen molar-refractivity contribution in [2.24, 2.45) is 4.99 Å². The van der Waals surface area contributed by atoms with Crippen LogP contribution in [0.5, 0.6) is 0 Å². The highest BCUT2D eigenvalue weighted by Crippen LogP contribution is 2.27. The van der Waals surface area contributed by atoms with Crippen LogP contribution in [-0.2, 0) is 5.75 Å². The van der Waals surface area contributed by atoms with Crippen molar-refractivity contribution in [3.63, 3.8) is 0 Å². The SMILES string of the molecule is N#Cc1ccc(CSC2=N[C@@H]3CCCC[C@H]3N2)cc1. The van der Waals surface area contributed by atoms with Crippen LogP contribution in [0.3, 0.4) is 0 Å². The summed E-state index contributed by atoms with van der Waals surface area (Å²) in [6.07, 6.45) is 5.14. The lowest BCUT2D eigenvalue weighted by Gasteiger charge is -2.23. The first-order valence-corrected chi connectivity index (χ1v) is 7.80. The van der Waals surface area contributed by atoms with Crippen LogP contribution in [0.25, 0.3) is 0 Å². The first-order chi connectivity index (χ1) is 9.35. The van der Waals surface area contributed by atoms with Crippen LogP contribution >= 0.6 is 11.8 Å². The minimum atomic E-state index is 0.511. The summed E-state index contributed by atoms with van der Waals surface area (Å²) in [4.78, 5) is 4.77. The van der Waals surface area contributed by atoms with E-state index in [-0.39, 0.29) is 0 Å². The molecule has 0 aromatic heterocycles. The molecular weight excluding hydrogens is 254 g/mol. The van der Waals surface area contributed by atoms with Gasteiger partial charge in [-0.2, -0.15) is 5.26 Å². The van der Waals surface area contributed by atoms with E-state index in [1.807, 2.05) is 24.3 Å². The van der Waals surface area contributed by atoms with Gasteiger partial charge >= 0.3 is 0 Å². The molecule has 1 heterocycles. The highest BCUT2D eigenvalue weighted by molar-refractivity contribution is 8.13. The van der Waals surface area contributed by atoms with Crippen LogP contribution in [-0.4, -0.2) is 17.3 Å². The van der Waals surface area contributed by atoms with E-state index in [1.165, 1.54) is 31.2 Å². The van der Waals surface area contributed by atoms with Gasteiger partial charge in [0.2, 0.25) is 0 Å². The van der Waals surface area contributed by atoms with Gasteiger partial charge in [-0.3, -0.25) is 4.99 Å². The molecule has 4 heteroatoms. The molecule has 19 heavy (non-hydrogen) atoms. The molecule has 1 aromatic carbocycles. The molecule has 0 radical (unpaired) electrons. The molecule has 0 amide bonds. The third-order valence-corrected chi connectivity index (χ3v) is 4.75. The smallest absolute Gasteiger partial charge is 0.157 e. The summed E-state index contributed by atoms with van der Waals surface area (Å²) in [5.74, 6) is 0.914. The number of fused-ring (bicyclic) bond motifs is 1. The highest BCUT2D eigenvalue weighted by Gasteiger charge is 2.30. The predicted octanol–water partition coefficient (Wildman–Crippen LogP) is 3.06. The zero-order chi connectivity index (χ0) is 13.1. The third-order valence-electron chi connectivity index (χ3n) is 3.78. The minimum absolute atomic E-state index is 0.511. The van der Waals surface area contributed by atoms with E-state index in [0.717, 1.165) is 16.5 Å². The summed E-state index contributed by atoms with van der Waals surface area (Å²) in [5.41, 5.74) is 1.96. The van der Waals surface area contributed by atoms with Crippen LogP contribution in [0, 0.1) is 11.3 Å². The topological polar surface area (TPSA) is 48.2 Å². The molecule has 2 atom stereocenters. The summed E-state index contributed by atoms with van der Waals surface area (Å²) < 4.78 is 0. The first-order valence-electron chi connectivity index (χ1n) is 6.81. The number of nitrogens with zero attached hydrogens (tertiary/aromatic N) is 2. The Kier molecular flexibility index (Phi) is 3.74. The maximum atomic E-state index is 8.77. The lowest BCUT2D eigenvalue weighted by molar-refractivity contribution is 0.385. The Hall–Kier alpha value is -1.47. The van der Waals surface area contributed by atoms with Crippen molar-refractivity contribution in [1.29, 1.82) is 5.26 Å². The van der Waals surface area contributed by atoms with E-state index in [4.69, 9.17) is 10.3 Å². The standard InChI is InChI=1S/C15H17N3S/c16-9-11-5-7-12(8-6-11)10-19-15-17-13-3-1-2-4-14(13)18-15/h5-8,13-14H,1-4,10H2,(H,17,18)/t13-,14-/m1/s1. The second kappa shape index (κ2) is 5.66. The number of hydrogen-bond acceptors (Lipinski definition) is 4. The van der Waals surface area contributed by atoms with E-state index in [2.05, 4.69) is 11.4 Å². The Morgan fingerprint density at radius 1 is 1.26 bits per heavy atom. The van der Waals surface area contributed by atoms with Gasteiger partial charge in [0.25, 0.3) is 0 Å². The number of amidine groups is 1. The molecule has 1 aliphatic heterocycles. The molecule has 0 unspecified atom stereocenters. The van der Waals surface area contributed by atoms with Gasteiger partial charge in [0.1, 0.15) is 0 Å². The molecule has 98 valence electrons. The zero-order valence-corrected chi connectivity index (χ0v) is 11.6. The Balaban J connectivity index is 1.56. The van der Waals surface area contributed by atoms with Gasteiger partial charge in [-0.1, -0.05) is 36.7 Å². The average molecular weight is 271 g/mol. The van der Waals surface area contributed by atoms with E-state index < -0.39 is 0 Å². The number of nitriles is 1. The fourth-order valence-electron chi connectivity index (χ4n) is 2.69. The maximum Gasteiger partial charge on any atom is 0.157 e. The maximum absolute atomic E-state index is 8.77. The highest BCUT2D eigenvalue weighted by atomic mass is 32.2. The van der Waals surface area contributed by atoms with Crippen LogP contribution < -0.4 is 5.32 Å². The number of nitrogens with one attached hydrogen (secondary N) is 1. The second-order valence-electron chi connectivity index (χ2n) is 5.13. The number of aliphatic imine (C=N–C) groups is 1. The Morgan fingerprint density at radius 3 is 2.79 bits per heavy atom. The number of hydrogen-bond donors (Lipinski definition) is 1. The lowest BCUT2D eigenvalue weighted by Crippen LogP contribution is -2.36. The molecule has 1 aromatic rings. The van der Waals surface area contributed by atoms with Gasteiger partial charge in [0, 0.05) is 5.75 Å². The first kappa shape index (κ1) is 12.6. The van der Waals surface area contributed by atoms with Gasteiger partial charge < -0.3 is 5.32 Å². The van der Waals surface area contributed by atoms with Crippen molar-refractivity contribution in [3.05, 3.63) is 35.4 Å². The van der Waals surface area contributed by atoms with Gasteiger partial charge in [-0.25, -0.2) is 0 Å². The van der Waals surface area contributed by atoms with Crippen molar-refractivity contribution in [2.75, 3.05) is 0 Å². The molecule has 3 nitrogen and oxygen atoms in total. The molecular formula is C15H17N3S. The van der Waals surface area contributed by atoms with Crippen molar-refractivity contribution < 1.29 is 0 Å². The van der Waals surface area contributed by atoms with E-state index in [1.54, 1.807) is 11.8 Å². The van der Waals surface area contributed by atoms with Crippen LogP contribution in [0.1, 0.15) is 36.8 Å². The summed E-state index contributed by atoms with van der Waals surface area (Å²) in [6, 6.07) is 11.0. The Labute approximate surface area is 118 Å². The van der Waals surface area contributed by atoms with Crippen molar-refractivity contribution in [3.8, 4) is 6.07 Å². The summed E-state index contributed by atoms with van der Waals surface area (Å²) >= 11 is 1.77. The summed E-state index contributed by atoms with van der Waals surface area (Å²) in [5, 5.41) is 13.4. The molecule has 0 saturated heterocycles. The van der Waals surface area contributed by atoms with Crippen molar-refractivity contribution in [2.45, 2.75) is 43.5 Å². The fraction of sp³-hybridized carbons (Fsp3) is 0.467. The van der Waals surface area contributed by atoms with Crippen LogP contribution in [0.2, 0.25) is 0 Å². The fourth-order valence-corrected chi connectivity index (χ4v) is 3.63. The van der Waals surface area contributed by atoms with Crippen molar-refractivity contribution in [1.82, 2.24) is 5.32 Å². The molecule has 1 aliphatic carbocycles. The molecule has 1 saturated carbocycles. The number of benzene rings is 1. The lowest BCUT2D eigenvalue weighted by atomic mass is 9.92. The third kappa shape index (κ3) is 2.93. The predicted molar refractivity (Wildman–Crippen MR) is 79.1 cm³/mol. The minimum Gasteiger partial charge on any atom is -0.360 e. The van der Waals surface area contributed by atoms with E-state index in [0.29, 0.717) is 12.1 Å². The number of rotatable bonds is 2. The van der Waals surface area contributed by atoms with Crippen molar-refractivity contribution >= 4 is 16.9 Å². The summed E-state index contributed by atoms with van der Waals surface area (Å²) in [7, 11) is 0. The zero-order valence-electron chi connectivity index (χ0n) is 10.8. The monoisotopic (exact) mass is 271 g/mol. The normalized spacial score (nSPS) is 25.1. The average Bonchev–Trinajstić information content (AvgIpc) is 2.88. The molecule has 1 fully saturated rings. The second-order valence-corrected chi connectivity index (χ2v) is 6.10.